The van der Waals surface area contributed by atoms with Crippen molar-refractivity contribution in [2.45, 2.75) is 13.1 Å². The van der Waals surface area contributed by atoms with Gasteiger partial charge in [-0.05, 0) is 43.3 Å². The summed E-state index contributed by atoms with van der Waals surface area (Å²) < 4.78 is 0. The van der Waals surface area contributed by atoms with Gasteiger partial charge < -0.3 is 21.3 Å². The quantitative estimate of drug-likeness (QED) is 0.675. The Bertz CT molecular complexity index is 917. The number of nitrogens with one attached hydrogen (secondary N) is 2. The summed E-state index contributed by atoms with van der Waals surface area (Å²) in [6.45, 7) is 2.88. The molecule has 3 rings (SSSR count). The number of benzene rings is 2. The molecule has 30 heavy (non-hydrogen) atoms. The van der Waals surface area contributed by atoms with E-state index < -0.39 is 18.1 Å². The van der Waals surface area contributed by atoms with Crippen molar-refractivity contribution in [3.8, 4) is 0 Å². The van der Waals surface area contributed by atoms with E-state index in [0.29, 0.717) is 16.3 Å². The summed E-state index contributed by atoms with van der Waals surface area (Å²) in [6, 6.07) is 13.2. The molecule has 1 saturated heterocycles. The van der Waals surface area contributed by atoms with Gasteiger partial charge in [0.1, 0.15) is 0 Å². The van der Waals surface area contributed by atoms with E-state index in [1.165, 1.54) is 9.80 Å². The van der Waals surface area contributed by atoms with Gasteiger partial charge in [-0.2, -0.15) is 0 Å². The largest absolute Gasteiger partial charge is 0.351 e. The Morgan fingerprint density at radius 2 is 1.67 bits per heavy atom. The molecule has 8 nitrogen and oxygen atoms in total. The van der Waals surface area contributed by atoms with E-state index in [-0.39, 0.29) is 32.1 Å². The summed E-state index contributed by atoms with van der Waals surface area (Å²) >= 11 is 5.88. The number of amides is 4. The van der Waals surface area contributed by atoms with Crippen LogP contribution in [-0.2, 0) is 4.79 Å². The third-order valence-electron chi connectivity index (χ3n) is 4.77. The lowest BCUT2D eigenvalue weighted by molar-refractivity contribution is -0.127. The summed E-state index contributed by atoms with van der Waals surface area (Å²) in [4.78, 5) is 41.5. The van der Waals surface area contributed by atoms with Crippen LogP contribution in [0.5, 0.6) is 0 Å². The molecule has 2 aromatic rings. The Morgan fingerprint density at radius 1 is 1.03 bits per heavy atom. The van der Waals surface area contributed by atoms with Crippen LogP contribution in [-0.4, -0.2) is 60.0 Å². The summed E-state index contributed by atoms with van der Waals surface area (Å²) in [5, 5.41) is 5.97. The molecule has 158 valence electrons. The predicted molar refractivity (Wildman–Crippen MR) is 115 cm³/mol. The van der Waals surface area contributed by atoms with Crippen molar-refractivity contribution in [1.82, 2.24) is 15.1 Å². The predicted octanol–water partition coefficient (Wildman–Crippen LogP) is 2.04. The van der Waals surface area contributed by atoms with Crippen LogP contribution >= 0.6 is 11.6 Å². The topological polar surface area (TPSA) is 108 Å². The molecule has 4 N–H and O–H groups in total. The fraction of sp³-hybridized carbons (Fsp3) is 0.286. The second kappa shape index (κ2) is 9.60. The maximum absolute atomic E-state index is 13.1. The average Bonchev–Trinajstić information content (AvgIpc) is 3.19. The van der Waals surface area contributed by atoms with Gasteiger partial charge in [0.25, 0.3) is 11.8 Å². The summed E-state index contributed by atoms with van der Waals surface area (Å²) in [5.74, 6) is -0.769. The highest BCUT2D eigenvalue weighted by atomic mass is 35.5. The molecule has 1 aliphatic rings. The molecular weight excluding hydrogens is 406 g/mol. The van der Waals surface area contributed by atoms with Crippen LogP contribution in [0, 0.1) is 6.92 Å². The van der Waals surface area contributed by atoms with Gasteiger partial charge in [0.2, 0.25) is 0 Å². The Kier molecular flexibility index (Phi) is 6.91. The minimum absolute atomic E-state index is 0.220. The van der Waals surface area contributed by atoms with Gasteiger partial charge >= 0.3 is 6.03 Å². The van der Waals surface area contributed by atoms with Crippen LogP contribution in [0.15, 0.2) is 48.5 Å². The van der Waals surface area contributed by atoms with E-state index in [9.17, 15) is 14.4 Å². The third-order valence-corrected chi connectivity index (χ3v) is 5.02. The van der Waals surface area contributed by atoms with Gasteiger partial charge in [0, 0.05) is 42.5 Å². The molecule has 1 atom stereocenters. The maximum atomic E-state index is 13.1. The lowest BCUT2D eigenvalue weighted by atomic mass is 10.1. The molecule has 0 saturated carbocycles. The number of aryl methyl sites for hydroxylation is 1. The average molecular weight is 430 g/mol. The van der Waals surface area contributed by atoms with Crippen LogP contribution in [0.1, 0.15) is 15.9 Å². The number of halogens is 1. The Morgan fingerprint density at radius 3 is 2.30 bits per heavy atom. The highest BCUT2D eigenvalue weighted by Crippen LogP contribution is 2.21. The zero-order valence-corrected chi connectivity index (χ0v) is 17.4. The van der Waals surface area contributed by atoms with Crippen LogP contribution < -0.4 is 16.4 Å². The lowest BCUT2D eigenvalue weighted by Crippen LogP contribution is -2.55. The van der Waals surface area contributed by atoms with E-state index >= 15 is 0 Å². The molecule has 0 spiro atoms. The first-order valence-corrected chi connectivity index (χ1v) is 9.97. The molecule has 9 heteroatoms. The van der Waals surface area contributed by atoms with Crippen molar-refractivity contribution in [2.24, 2.45) is 5.73 Å². The second-order valence-electron chi connectivity index (χ2n) is 6.95. The highest BCUT2D eigenvalue weighted by molar-refractivity contribution is 6.30. The molecule has 0 bridgehead atoms. The molecule has 1 heterocycles. The van der Waals surface area contributed by atoms with E-state index in [1.807, 2.05) is 19.1 Å². The van der Waals surface area contributed by atoms with Gasteiger partial charge in [-0.1, -0.05) is 29.3 Å². The van der Waals surface area contributed by atoms with E-state index in [4.69, 9.17) is 17.3 Å². The number of hydrogen-bond donors (Lipinski definition) is 3. The number of carbonyl (C=O) groups is 3. The number of nitrogens with two attached hydrogens (primary N) is 1. The van der Waals surface area contributed by atoms with Crippen molar-refractivity contribution in [1.29, 1.82) is 0 Å². The summed E-state index contributed by atoms with van der Waals surface area (Å²) in [5.41, 5.74) is 7.50. The number of urea groups is 1. The number of nitrogens with zero attached hydrogens (tertiary/aromatic N) is 2. The zero-order chi connectivity index (χ0) is 21.7. The SMILES string of the molecule is Cc1ccc(C(=O)N2CCN(C(=O)Nc3ccc(Cl)cc3)C2C(=O)NCCN)cc1. The highest BCUT2D eigenvalue weighted by Gasteiger charge is 2.42. The lowest BCUT2D eigenvalue weighted by Gasteiger charge is -2.29. The Labute approximate surface area is 180 Å². The van der Waals surface area contributed by atoms with Gasteiger partial charge in [-0.15, -0.1) is 0 Å². The van der Waals surface area contributed by atoms with Crippen LogP contribution in [0.4, 0.5) is 10.5 Å². The van der Waals surface area contributed by atoms with Crippen molar-refractivity contribution < 1.29 is 14.4 Å². The maximum Gasteiger partial charge on any atom is 0.323 e. The molecule has 2 aromatic carbocycles. The van der Waals surface area contributed by atoms with Crippen molar-refractivity contribution in [3.05, 3.63) is 64.7 Å². The monoisotopic (exact) mass is 429 g/mol. The van der Waals surface area contributed by atoms with Crippen LogP contribution in [0.25, 0.3) is 0 Å². The third kappa shape index (κ3) is 4.90. The standard InChI is InChI=1S/C21H24ClN5O3/c1-14-2-4-15(5-3-14)20(29)26-12-13-27(19(26)18(28)24-11-10-23)21(30)25-17-8-6-16(22)7-9-17/h2-9,19H,10-13,23H2,1H3,(H,24,28)(H,25,30). The minimum Gasteiger partial charge on any atom is -0.351 e. The number of anilines is 1. The second-order valence-corrected chi connectivity index (χ2v) is 7.38. The van der Waals surface area contributed by atoms with Gasteiger partial charge in [0.15, 0.2) is 6.17 Å². The fourth-order valence-corrected chi connectivity index (χ4v) is 3.34. The first-order valence-electron chi connectivity index (χ1n) is 9.59. The molecule has 0 aromatic heterocycles. The van der Waals surface area contributed by atoms with Gasteiger partial charge in [0.05, 0.1) is 0 Å². The van der Waals surface area contributed by atoms with Crippen molar-refractivity contribution >= 4 is 35.1 Å². The smallest absolute Gasteiger partial charge is 0.323 e. The normalized spacial score (nSPS) is 15.8. The summed E-state index contributed by atoms with van der Waals surface area (Å²) in [7, 11) is 0. The molecule has 0 aliphatic carbocycles. The minimum atomic E-state index is -1.07. The van der Waals surface area contributed by atoms with Gasteiger partial charge in [-0.25, -0.2) is 4.79 Å². The van der Waals surface area contributed by atoms with E-state index in [0.717, 1.165) is 5.56 Å². The molecule has 0 radical (unpaired) electrons. The summed E-state index contributed by atoms with van der Waals surface area (Å²) in [6.07, 6.45) is -1.07. The molecule has 4 amide bonds. The zero-order valence-electron chi connectivity index (χ0n) is 16.6. The number of carbonyl (C=O) groups excluding carboxylic acids is 3. The number of hydrogen-bond acceptors (Lipinski definition) is 4. The van der Waals surface area contributed by atoms with Crippen molar-refractivity contribution in [3.63, 3.8) is 0 Å². The number of rotatable bonds is 5. The van der Waals surface area contributed by atoms with E-state index in [2.05, 4.69) is 10.6 Å². The fourth-order valence-electron chi connectivity index (χ4n) is 3.21. The first kappa shape index (κ1) is 21.6. The van der Waals surface area contributed by atoms with Gasteiger partial charge in [-0.3, -0.25) is 14.5 Å². The molecule has 1 unspecified atom stereocenters. The van der Waals surface area contributed by atoms with Crippen LogP contribution in [0.2, 0.25) is 5.02 Å². The Hall–Kier alpha value is -3.10. The van der Waals surface area contributed by atoms with Crippen molar-refractivity contribution in [2.75, 3.05) is 31.5 Å². The first-order chi connectivity index (χ1) is 14.4. The molecular formula is C21H24ClN5O3. The Balaban J connectivity index is 1.82. The van der Waals surface area contributed by atoms with E-state index in [1.54, 1.807) is 36.4 Å². The molecule has 1 fully saturated rings. The molecule has 1 aliphatic heterocycles. The van der Waals surface area contributed by atoms with Crippen LogP contribution in [0.3, 0.4) is 0 Å².